The van der Waals surface area contributed by atoms with Crippen LogP contribution in [0.4, 0.5) is 5.95 Å². The van der Waals surface area contributed by atoms with E-state index >= 15 is 0 Å². The predicted molar refractivity (Wildman–Crippen MR) is 131 cm³/mol. The molecule has 4 rings (SSSR count). The van der Waals surface area contributed by atoms with E-state index in [0.717, 1.165) is 11.9 Å². The molecule has 0 aliphatic carbocycles. The van der Waals surface area contributed by atoms with Gasteiger partial charge >= 0.3 is 0 Å². The number of benzene rings is 1. The number of halogens is 2. The summed E-state index contributed by atoms with van der Waals surface area (Å²) in [7, 11) is -3.49. The summed E-state index contributed by atoms with van der Waals surface area (Å²) >= 11 is 12.0. The Hall–Kier alpha value is -3.59. The molecule has 0 fully saturated rings. The Morgan fingerprint density at radius 1 is 1.20 bits per heavy atom. The highest BCUT2D eigenvalue weighted by molar-refractivity contribution is 7.91. The molecule has 1 N–H and O–H groups in total. The summed E-state index contributed by atoms with van der Waals surface area (Å²) in [4.78, 5) is 12.4. The molecule has 35 heavy (non-hydrogen) atoms. The Bertz CT molecular complexity index is 1530. The lowest BCUT2D eigenvalue weighted by atomic mass is 10.1. The topological polar surface area (TPSA) is 132 Å². The number of pyridine rings is 1. The van der Waals surface area contributed by atoms with Gasteiger partial charge in [-0.05, 0) is 24.3 Å². The van der Waals surface area contributed by atoms with Crippen LogP contribution in [0.3, 0.4) is 0 Å². The van der Waals surface area contributed by atoms with Crippen molar-refractivity contribution in [1.29, 1.82) is 5.26 Å². The normalized spacial score (nSPS) is 11.3. The number of imidazole rings is 1. The number of ether oxygens (including phenoxy) is 2. The van der Waals surface area contributed by atoms with Gasteiger partial charge in [-0.25, -0.2) is 23.4 Å². The van der Waals surface area contributed by atoms with Gasteiger partial charge < -0.3 is 9.47 Å². The van der Waals surface area contributed by atoms with Crippen molar-refractivity contribution in [3.63, 3.8) is 0 Å². The van der Waals surface area contributed by atoms with Crippen LogP contribution < -0.4 is 14.2 Å². The highest BCUT2D eigenvalue weighted by Crippen LogP contribution is 2.34. The van der Waals surface area contributed by atoms with Crippen LogP contribution in [0.25, 0.3) is 16.9 Å². The summed E-state index contributed by atoms with van der Waals surface area (Å²) in [5.74, 6) is 1.07. The molecule has 0 unspecified atom stereocenters. The number of alkyl halides is 1. The molecule has 0 saturated heterocycles. The van der Waals surface area contributed by atoms with Gasteiger partial charge in [-0.15, -0.1) is 11.6 Å². The first-order chi connectivity index (χ1) is 16.8. The summed E-state index contributed by atoms with van der Waals surface area (Å²) in [6.07, 6.45) is 5.91. The van der Waals surface area contributed by atoms with Gasteiger partial charge in [0.25, 0.3) is 0 Å². The van der Waals surface area contributed by atoms with Crippen molar-refractivity contribution in [3.05, 3.63) is 65.2 Å². The average Bonchev–Trinajstić information content (AvgIpc) is 3.24. The number of hydrogen-bond donors (Lipinski definition) is 1. The second kappa shape index (κ2) is 10.4. The molecule has 0 spiro atoms. The summed E-state index contributed by atoms with van der Waals surface area (Å²) in [5, 5.41) is 9.84. The third-order valence-corrected chi connectivity index (χ3v) is 5.63. The molecule has 10 nitrogen and oxygen atoms in total. The van der Waals surface area contributed by atoms with E-state index in [-0.39, 0.29) is 25.0 Å². The lowest BCUT2D eigenvalue weighted by molar-refractivity contribution is 0.301. The highest BCUT2D eigenvalue weighted by atomic mass is 35.5. The van der Waals surface area contributed by atoms with Gasteiger partial charge in [0.2, 0.25) is 16.0 Å². The van der Waals surface area contributed by atoms with Gasteiger partial charge in [-0.1, -0.05) is 11.6 Å². The van der Waals surface area contributed by atoms with Crippen LogP contribution in [0.5, 0.6) is 11.5 Å². The summed E-state index contributed by atoms with van der Waals surface area (Å²) in [6.45, 7) is 0.327. The Morgan fingerprint density at radius 3 is 2.77 bits per heavy atom. The van der Waals surface area contributed by atoms with Crippen molar-refractivity contribution in [3.8, 4) is 28.8 Å². The van der Waals surface area contributed by atoms with Gasteiger partial charge in [0.05, 0.1) is 40.3 Å². The van der Waals surface area contributed by atoms with E-state index in [0.29, 0.717) is 39.0 Å². The molecule has 3 heterocycles. The smallest absolute Gasteiger partial charge is 0.236 e. The van der Waals surface area contributed by atoms with Crippen LogP contribution in [0.1, 0.15) is 11.3 Å². The van der Waals surface area contributed by atoms with E-state index in [2.05, 4.69) is 25.7 Å². The second-order valence-corrected chi connectivity index (χ2v) is 9.79. The van der Waals surface area contributed by atoms with E-state index in [1.165, 1.54) is 6.20 Å². The van der Waals surface area contributed by atoms with Crippen LogP contribution in [0.15, 0.2) is 48.9 Å². The molecular formula is C22H18Cl2N6O4S. The third kappa shape index (κ3) is 5.92. The van der Waals surface area contributed by atoms with Gasteiger partial charge in [-0.2, -0.15) is 5.26 Å². The minimum Gasteiger partial charge on any atom is -0.489 e. The fourth-order valence-electron chi connectivity index (χ4n) is 3.23. The predicted octanol–water partition coefficient (Wildman–Crippen LogP) is 3.88. The van der Waals surface area contributed by atoms with E-state index in [1.54, 1.807) is 42.7 Å². The summed E-state index contributed by atoms with van der Waals surface area (Å²) < 4.78 is 38.1. The zero-order valence-electron chi connectivity index (χ0n) is 18.3. The molecule has 0 aliphatic rings. The summed E-state index contributed by atoms with van der Waals surface area (Å²) in [6, 6.07) is 10.6. The van der Waals surface area contributed by atoms with Crippen molar-refractivity contribution in [2.24, 2.45) is 0 Å². The molecule has 180 valence electrons. The molecule has 3 aromatic heterocycles. The van der Waals surface area contributed by atoms with Crippen molar-refractivity contribution in [1.82, 2.24) is 19.4 Å². The Kier molecular flexibility index (Phi) is 7.25. The van der Waals surface area contributed by atoms with Crippen LogP contribution in [-0.2, 0) is 16.6 Å². The number of nitrogens with one attached hydrogen (secondary N) is 1. The highest BCUT2D eigenvalue weighted by Gasteiger charge is 2.15. The standard InChI is InChI=1S/C22H18Cl2N6O4S/c1-35(31,32)29-22-26-5-2-16(28-22)13-34-17-3-6-30-19(12-27-20(30)10-17)14-8-15(11-25)21(18(24)9-14)33-7-4-23/h2-3,5-6,8-10,12H,4,7,13H2,1H3,(H,26,28,29). The SMILES string of the molecule is CS(=O)(=O)Nc1nccc(COc2ccn3c(-c4cc(Cl)c(OCCCl)c(C#N)c4)cnc3c2)n1. The minimum atomic E-state index is -3.49. The fourth-order valence-corrected chi connectivity index (χ4v) is 4.01. The molecule has 13 heteroatoms. The molecule has 0 aliphatic heterocycles. The lowest BCUT2D eigenvalue weighted by Gasteiger charge is -2.11. The maximum atomic E-state index is 11.4. The first-order valence-corrected chi connectivity index (χ1v) is 12.9. The number of nitriles is 1. The molecule has 0 radical (unpaired) electrons. The number of sulfonamides is 1. The van der Waals surface area contributed by atoms with E-state index < -0.39 is 10.0 Å². The minimum absolute atomic E-state index is 0.0311. The Morgan fingerprint density at radius 2 is 2.03 bits per heavy atom. The first kappa shape index (κ1) is 24.5. The van der Waals surface area contributed by atoms with Gasteiger partial charge in [-0.3, -0.25) is 9.12 Å². The molecule has 1 aromatic carbocycles. The maximum Gasteiger partial charge on any atom is 0.236 e. The van der Waals surface area contributed by atoms with Crippen LogP contribution >= 0.6 is 23.2 Å². The molecule has 4 aromatic rings. The molecular weight excluding hydrogens is 515 g/mol. The van der Waals surface area contributed by atoms with Gasteiger partial charge in [0, 0.05) is 24.0 Å². The van der Waals surface area contributed by atoms with Gasteiger partial charge in [0.1, 0.15) is 30.7 Å². The zero-order valence-corrected chi connectivity index (χ0v) is 20.6. The average molecular weight is 533 g/mol. The van der Waals surface area contributed by atoms with Crippen LogP contribution in [0, 0.1) is 11.3 Å². The number of fused-ring (bicyclic) bond motifs is 1. The molecule has 0 saturated carbocycles. The third-order valence-electron chi connectivity index (χ3n) is 4.64. The number of nitrogens with zero attached hydrogens (tertiary/aromatic N) is 5. The van der Waals surface area contributed by atoms with Crippen LogP contribution in [0.2, 0.25) is 5.02 Å². The van der Waals surface area contributed by atoms with E-state index in [9.17, 15) is 13.7 Å². The molecule has 0 amide bonds. The van der Waals surface area contributed by atoms with Crippen molar-refractivity contribution >= 4 is 44.8 Å². The Balaban J connectivity index is 1.55. The number of aromatic nitrogens is 4. The zero-order chi connectivity index (χ0) is 25.0. The lowest BCUT2D eigenvalue weighted by Crippen LogP contribution is -2.13. The second-order valence-electron chi connectivity index (χ2n) is 7.25. The maximum absolute atomic E-state index is 11.4. The molecule has 0 atom stereocenters. The van der Waals surface area contributed by atoms with Crippen molar-refractivity contribution < 1.29 is 17.9 Å². The molecule has 0 bridgehead atoms. The number of anilines is 1. The van der Waals surface area contributed by atoms with Crippen molar-refractivity contribution in [2.75, 3.05) is 23.5 Å². The van der Waals surface area contributed by atoms with E-state index in [1.807, 2.05) is 4.40 Å². The van der Waals surface area contributed by atoms with Crippen LogP contribution in [-0.4, -0.2) is 46.5 Å². The number of rotatable bonds is 9. The van der Waals surface area contributed by atoms with Gasteiger partial charge in [0.15, 0.2) is 5.75 Å². The first-order valence-electron chi connectivity index (χ1n) is 10.1. The Labute approximate surface area is 211 Å². The fraction of sp³-hybridized carbons (Fsp3) is 0.182. The largest absolute Gasteiger partial charge is 0.489 e. The monoisotopic (exact) mass is 532 g/mol. The van der Waals surface area contributed by atoms with Crippen molar-refractivity contribution in [2.45, 2.75) is 6.61 Å². The quantitative estimate of drug-likeness (QED) is 0.321. The number of hydrogen-bond acceptors (Lipinski definition) is 8. The summed E-state index contributed by atoms with van der Waals surface area (Å²) in [5.41, 5.74) is 2.81. The van der Waals surface area contributed by atoms with E-state index in [4.69, 9.17) is 32.7 Å².